The van der Waals surface area contributed by atoms with E-state index in [2.05, 4.69) is 5.10 Å². The number of ether oxygens (including phenoxy) is 2. The van der Waals surface area contributed by atoms with Gasteiger partial charge in [0, 0.05) is 12.6 Å². The van der Waals surface area contributed by atoms with Crippen LogP contribution in [-0.2, 0) is 6.54 Å². The zero-order valence-corrected chi connectivity index (χ0v) is 14.8. The van der Waals surface area contributed by atoms with Crippen molar-refractivity contribution in [3.63, 3.8) is 0 Å². The van der Waals surface area contributed by atoms with Crippen LogP contribution in [0, 0.1) is 0 Å². The molecule has 0 saturated heterocycles. The number of hydrogen-bond acceptors (Lipinski definition) is 5. The zero-order valence-electron chi connectivity index (χ0n) is 14.8. The Kier molecular flexibility index (Phi) is 3.30. The third-order valence-electron chi connectivity index (χ3n) is 4.72. The number of rotatable bonds is 2. The first-order chi connectivity index (χ1) is 13.2. The molecule has 5 rings (SSSR count). The normalized spacial score (nSPS) is 11.9. The second-order valence-electron chi connectivity index (χ2n) is 6.20. The molecular formula is C20H16N4O3. The SMILES string of the molecule is CCn1ncc2c(c1=O)Oc1cc(OC)ccc1-c1nc3ccccc3n1-2. The van der Waals surface area contributed by atoms with Crippen LogP contribution in [0.5, 0.6) is 17.2 Å². The van der Waals surface area contributed by atoms with Gasteiger partial charge >= 0.3 is 5.56 Å². The molecule has 0 N–H and O–H groups in total. The van der Waals surface area contributed by atoms with E-state index in [-0.39, 0.29) is 11.3 Å². The van der Waals surface area contributed by atoms with Crippen LogP contribution in [-0.4, -0.2) is 26.4 Å². The van der Waals surface area contributed by atoms with Gasteiger partial charge in [-0.25, -0.2) is 9.67 Å². The van der Waals surface area contributed by atoms with Crippen molar-refractivity contribution in [3.05, 3.63) is 59.0 Å². The summed E-state index contributed by atoms with van der Waals surface area (Å²) in [5, 5.41) is 4.28. The van der Waals surface area contributed by atoms with Crippen LogP contribution in [0.1, 0.15) is 6.92 Å². The van der Waals surface area contributed by atoms with Crippen molar-refractivity contribution in [1.82, 2.24) is 19.3 Å². The molecule has 0 amide bonds. The number of para-hydroxylation sites is 2. The summed E-state index contributed by atoms with van der Waals surface area (Å²) >= 11 is 0. The highest BCUT2D eigenvalue weighted by Gasteiger charge is 2.27. The summed E-state index contributed by atoms with van der Waals surface area (Å²) in [4.78, 5) is 17.7. The number of hydrogen-bond donors (Lipinski definition) is 0. The first-order valence-electron chi connectivity index (χ1n) is 8.65. The van der Waals surface area contributed by atoms with Gasteiger partial charge in [0.15, 0.2) is 0 Å². The van der Waals surface area contributed by atoms with Crippen LogP contribution >= 0.6 is 0 Å². The van der Waals surface area contributed by atoms with E-state index < -0.39 is 0 Å². The van der Waals surface area contributed by atoms with E-state index in [4.69, 9.17) is 14.5 Å². The highest BCUT2D eigenvalue weighted by molar-refractivity contribution is 5.86. The van der Waals surface area contributed by atoms with E-state index in [1.165, 1.54) is 4.68 Å². The molecule has 2 aromatic carbocycles. The van der Waals surface area contributed by atoms with Crippen molar-refractivity contribution < 1.29 is 9.47 Å². The number of aryl methyl sites for hydroxylation is 1. The quantitative estimate of drug-likeness (QED) is 0.483. The highest BCUT2D eigenvalue weighted by Crippen LogP contribution is 2.42. The van der Waals surface area contributed by atoms with Crippen LogP contribution in [0.25, 0.3) is 28.1 Å². The second-order valence-corrected chi connectivity index (χ2v) is 6.20. The molecule has 0 fully saturated rings. The fraction of sp³-hybridized carbons (Fsp3) is 0.150. The van der Waals surface area contributed by atoms with Crippen LogP contribution in [0.3, 0.4) is 0 Å². The van der Waals surface area contributed by atoms with Crippen LogP contribution in [0.2, 0.25) is 0 Å². The Bertz CT molecular complexity index is 1260. The Labute approximate surface area is 154 Å². The lowest BCUT2D eigenvalue weighted by Gasteiger charge is -2.11. The van der Waals surface area contributed by atoms with Gasteiger partial charge in [-0.3, -0.25) is 9.36 Å². The summed E-state index contributed by atoms with van der Waals surface area (Å²) in [6.45, 7) is 2.32. The molecule has 0 spiro atoms. The van der Waals surface area contributed by atoms with Crippen molar-refractivity contribution >= 4 is 11.0 Å². The molecule has 0 unspecified atom stereocenters. The average molecular weight is 360 g/mol. The van der Waals surface area contributed by atoms with Crippen LogP contribution < -0.4 is 15.0 Å². The minimum atomic E-state index is -0.283. The van der Waals surface area contributed by atoms with Crippen molar-refractivity contribution in [1.29, 1.82) is 0 Å². The average Bonchev–Trinajstić information content (AvgIpc) is 3.02. The predicted molar refractivity (Wildman–Crippen MR) is 101 cm³/mol. The lowest BCUT2D eigenvalue weighted by Crippen LogP contribution is -2.24. The molecule has 0 atom stereocenters. The number of nitrogens with zero attached hydrogens (tertiary/aromatic N) is 4. The lowest BCUT2D eigenvalue weighted by atomic mass is 10.2. The predicted octanol–water partition coefficient (Wildman–Crippen LogP) is 3.38. The van der Waals surface area contributed by atoms with Gasteiger partial charge in [-0.1, -0.05) is 12.1 Å². The largest absolute Gasteiger partial charge is 0.497 e. The summed E-state index contributed by atoms with van der Waals surface area (Å²) in [6, 6.07) is 13.3. The van der Waals surface area contributed by atoms with Gasteiger partial charge in [-0.05, 0) is 31.2 Å². The van der Waals surface area contributed by atoms with E-state index in [9.17, 15) is 4.79 Å². The molecule has 1 aliphatic heterocycles. The van der Waals surface area contributed by atoms with E-state index in [0.717, 1.165) is 16.6 Å². The fourth-order valence-corrected chi connectivity index (χ4v) is 3.40. The van der Waals surface area contributed by atoms with Gasteiger partial charge in [-0.2, -0.15) is 5.10 Å². The van der Waals surface area contributed by atoms with Crippen molar-refractivity contribution in [2.24, 2.45) is 0 Å². The fourth-order valence-electron chi connectivity index (χ4n) is 3.40. The van der Waals surface area contributed by atoms with Gasteiger partial charge in [0.1, 0.15) is 23.0 Å². The third kappa shape index (κ3) is 2.18. The number of imidazole rings is 1. The van der Waals surface area contributed by atoms with Crippen molar-refractivity contribution in [2.75, 3.05) is 7.11 Å². The van der Waals surface area contributed by atoms with E-state index in [1.54, 1.807) is 19.4 Å². The summed E-state index contributed by atoms with van der Waals surface area (Å²) < 4.78 is 14.7. The molecule has 0 radical (unpaired) electrons. The summed E-state index contributed by atoms with van der Waals surface area (Å²) in [5.74, 6) is 2.09. The maximum Gasteiger partial charge on any atom is 0.311 e. The molecule has 2 aromatic heterocycles. The Morgan fingerprint density at radius 3 is 2.85 bits per heavy atom. The molecule has 0 bridgehead atoms. The maximum atomic E-state index is 12.9. The van der Waals surface area contributed by atoms with E-state index >= 15 is 0 Å². The molecule has 7 nitrogen and oxygen atoms in total. The van der Waals surface area contributed by atoms with E-state index in [0.29, 0.717) is 29.6 Å². The van der Waals surface area contributed by atoms with Crippen molar-refractivity contribution in [3.8, 4) is 34.3 Å². The molecule has 4 aromatic rings. The van der Waals surface area contributed by atoms with Gasteiger partial charge < -0.3 is 9.47 Å². The second kappa shape index (κ2) is 5.70. The smallest absolute Gasteiger partial charge is 0.311 e. The Hall–Kier alpha value is -3.61. The van der Waals surface area contributed by atoms with E-state index in [1.807, 2.05) is 47.9 Å². The third-order valence-corrected chi connectivity index (χ3v) is 4.72. The monoisotopic (exact) mass is 360 g/mol. The number of fused-ring (bicyclic) bond motifs is 7. The van der Waals surface area contributed by atoms with Gasteiger partial charge in [0.2, 0.25) is 5.75 Å². The number of aromatic nitrogens is 4. The van der Waals surface area contributed by atoms with Crippen molar-refractivity contribution in [2.45, 2.75) is 13.5 Å². The van der Waals surface area contributed by atoms with Gasteiger partial charge in [0.25, 0.3) is 0 Å². The van der Waals surface area contributed by atoms with Gasteiger partial charge in [0.05, 0.1) is 29.9 Å². The molecule has 1 aliphatic rings. The summed E-state index contributed by atoms with van der Waals surface area (Å²) in [5.41, 5.74) is 2.79. The molecule has 0 aliphatic carbocycles. The zero-order chi connectivity index (χ0) is 18.5. The molecule has 7 heteroatoms. The number of benzene rings is 2. The number of methoxy groups -OCH3 is 1. The minimum Gasteiger partial charge on any atom is -0.497 e. The highest BCUT2D eigenvalue weighted by atomic mass is 16.5. The summed E-state index contributed by atoms with van der Waals surface area (Å²) in [6.07, 6.45) is 1.65. The molecule has 134 valence electrons. The lowest BCUT2D eigenvalue weighted by molar-refractivity contribution is 0.408. The molecule has 27 heavy (non-hydrogen) atoms. The first kappa shape index (κ1) is 15.6. The Morgan fingerprint density at radius 1 is 1.19 bits per heavy atom. The molecule has 3 heterocycles. The minimum absolute atomic E-state index is 0.225. The molecule has 0 saturated carbocycles. The maximum absolute atomic E-state index is 12.9. The first-order valence-corrected chi connectivity index (χ1v) is 8.65. The topological polar surface area (TPSA) is 71.2 Å². The van der Waals surface area contributed by atoms with Crippen LogP contribution in [0.15, 0.2) is 53.5 Å². The Morgan fingerprint density at radius 2 is 2.04 bits per heavy atom. The Balaban J connectivity index is 1.94. The standard InChI is InChI=1S/C20H16N4O3/c1-3-23-20(25)18-16(11-21-23)24-15-7-5-4-6-14(15)22-19(24)13-9-8-12(26-2)10-17(13)27-18/h4-11H,3H2,1-2H3. The van der Waals surface area contributed by atoms with Gasteiger partial charge in [-0.15, -0.1) is 0 Å². The molecular weight excluding hydrogens is 344 g/mol. The summed E-state index contributed by atoms with van der Waals surface area (Å²) in [7, 11) is 1.59. The van der Waals surface area contributed by atoms with Crippen LogP contribution in [0.4, 0.5) is 0 Å².